The lowest BCUT2D eigenvalue weighted by Gasteiger charge is -2.13. The van der Waals surface area contributed by atoms with Crippen molar-refractivity contribution < 1.29 is 18.3 Å². The number of halogens is 4. The number of hydrogen-bond donors (Lipinski definition) is 1. The molecule has 1 fully saturated rings. The van der Waals surface area contributed by atoms with Gasteiger partial charge in [-0.15, -0.1) is 0 Å². The summed E-state index contributed by atoms with van der Waals surface area (Å²) in [6.45, 7) is 0. The molecule has 0 heterocycles. The van der Waals surface area contributed by atoms with E-state index >= 15 is 0 Å². The Morgan fingerprint density at radius 3 is 2.33 bits per heavy atom. The van der Waals surface area contributed by atoms with Crippen molar-refractivity contribution in [3.05, 3.63) is 34.3 Å². The van der Waals surface area contributed by atoms with E-state index < -0.39 is 17.3 Å². The number of aliphatic hydroxyl groups is 1. The zero-order valence-electron chi connectivity index (χ0n) is 7.61. The molecule has 0 unspecified atom stereocenters. The minimum Gasteiger partial charge on any atom is -0.385 e. The molecule has 5 heteroatoms. The highest BCUT2D eigenvalue weighted by atomic mass is 35.5. The fourth-order valence-electron chi connectivity index (χ4n) is 1.45. The number of rotatable bonds is 1. The third-order valence-electron chi connectivity index (χ3n) is 2.52. The van der Waals surface area contributed by atoms with Gasteiger partial charge in [0, 0.05) is 10.6 Å². The SMILES string of the molecule is OC1(c2cc(C(F)(F)F)ccc2Cl)CC1. The fourth-order valence-corrected chi connectivity index (χ4v) is 1.74. The van der Waals surface area contributed by atoms with E-state index in [1.807, 2.05) is 0 Å². The molecule has 0 spiro atoms. The zero-order chi connectivity index (χ0) is 11.3. The van der Waals surface area contributed by atoms with E-state index in [0.717, 1.165) is 12.1 Å². The van der Waals surface area contributed by atoms with Gasteiger partial charge in [-0.3, -0.25) is 0 Å². The Hall–Kier alpha value is -0.740. The molecule has 82 valence electrons. The van der Waals surface area contributed by atoms with Gasteiger partial charge < -0.3 is 5.11 Å². The van der Waals surface area contributed by atoms with Crippen LogP contribution in [0.25, 0.3) is 0 Å². The van der Waals surface area contributed by atoms with Gasteiger partial charge in [-0.2, -0.15) is 13.2 Å². The van der Waals surface area contributed by atoms with Gasteiger partial charge in [0.15, 0.2) is 0 Å². The van der Waals surface area contributed by atoms with Crippen LogP contribution in [0.4, 0.5) is 13.2 Å². The summed E-state index contributed by atoms with van der Waals surface area (Å²) in [5.41, 5.74) is -1.74. The molecule has 0 radical (unpaired) electrons. The van der Waals surface area contributed by atoms with Gasteiger partial charge in [-0.05, 0) is 31.0 Å². The smallest absolute Gasteiger partial charge is 0.385 e. The van der Waals surface area contributed by atoms with Crippen LogP contribution in [0.15, 0.2) is 18.2 Å². The third kappa shape index (κ3) is 1.96. The van der Waals surface area contributed by atoms with Gasteiger partial charge in [-0.1, -0.05) is 11.6 Å². The maximum absolute atomic E-state index is 12.4. The molecule has 1 saturated carbocycles. The van der Waals surface area contributed by atoms with Gasteiger partial charge in [0.2, 0.25) is 0 Å². The average Bonchev–Trinajstić information content (AvgIpc) is 2.83. The molecule has 1 nitrogen and oxygen atoms in total. The molecular formula is C10H8ClF3O. The minimum absolute atomic E-state index is 0.180. The van der Waals surface area contributed by atoms with E-state index in [-0.39, 0.29) is 10.6 Å². The molecule has 1 N–H and O–H groups in total. The first kappa shape index (κ1) is 10.8. The van der Waals surface area contributed by atoms with Gasteiger partial charge in [0.05, 0.1) is 11.2 Å². The summed E-state index contributed by atoms with van der Waals surface area (Å²) in [6.07, 6.45) is -3.47. The first-order valence-electron chi connectivity index (χ1n) is 4.42. The van der Waals surface area contributed by atoms with Crippen LogP contribution < -0.4 is 0 Å². The normalized spacial score (nSPS) is 19.0. The number of hydrogen-bond acceptors (Lipinski definition) is 1. The monoisotopic (exact) mass is 236 g/mol. The second kappa shape index (κ2) is 3.12. The quantitative estimate of drug-likeness (QED) is 0.793. The van der Waals surface area contributed by atoms with Crippen molar-refractivity contribution in [1.29, 1.82) is 0 Å². The summed E-state index contributed by atoms with van der Waals surface area (Å²) in [4.78, 5) is 0. The van der Waals surface area contributed by atoms with Crippen LogP contribution in [-0.4, -0.2) is 5.11 Å². The molecule has 0 amide bonds. The number of benzene rings is 1. The molecule has 0 aromatic heterocycles. The van der Waals surface area contributed by atoms with Crippen molar-refractivity contribution in [2.75, 3.05) is 0 Å². The van der Waals surface area contributed by atoms with Crippen LogP contribution in [0.5, 0.6) is 0 Å². The second-order valence-electron chi connectivity index (χ2n) is 3.72. The Morgan fingerprint density at radius 1 is 1.27 bits per heavy atom. The highest BCUT2D eigenvalue weighted by molar-refractivity contribution is 6.31. The van der Waals surface area contributed by atoms with Crippen molar-refractivity contribution >= 4 is 11.6 Å². The van der Waals surface area contributed by atoms with Crippen molar-refractivity contribution in [3.63, 3.8) is 0 Å². The minimum atomic E-state index is -4.40. The van der Waals surface area contributed by atoms with Crippen LogP contribution in [-0.2, 0) is 11.8 Å². The molecule has 2 rings (SSSR count). The van der Waals surface area contributed by atoms with Crippen molar-refractivity contribution in [2.24, 2.45) is 0 Å². The van der Waals surface area contributed by atoms with Crippen molar-refractivity contribution in [3.8, 4) is 0 Å². The maximum Gasteiger partial charge on any atom is 0.416 e. The lowest BCUT2D eigenvalue weighted by atomic mass is 10.0. The number of alkyl halides is 3. The highest BCUT2D eigenvalue weighted by Crippen LogP contribution is 2.48. The first-order valence-corrected chi connectivity index (χ1v) is 4.80. The summed E-state index contributed by atoms with van der Waals surface area (Å²) in [7, 11) is 0. The van der Waals surface area contributed by atoms with Gasteiger partial charge in [0.1, 0.15) is 0 Å². The van der Waals surface area contributed by atoms with E-state index in [1.54, 1.807) is 0 Å². The predicted octanol–water partition coefficient (Wildman–Crippen LogP) is 3.34. The molecule has 1 aliphatic carbocycles. The first-order chi connectivity index (χ1) is 6.83. The summed E-state index contributed by atoms with van der Waals surface area (Å²) in [6, 6.07) is 3.02. The third-order valence-corrected chi connectivity index (χ3v) is 2.85. The summed E-state index contributed by atoms with van der Waals surface area (Å²) >= 11 is 5.74. The lowest BCUT2D eigenvalue weighted by molar-refractivity contribution is -0.137. The lowest BCUT2D eigenvalue weighted by Crippen LogP contribution is -2.10. The topological polar surface area (TPSA) is 20.2 Å². The summed E-state index contributed by atoms with van der Waals surface area (Å²) in [5, 5.41) is 9.90. The zero-order valence-corrected chi connectivity index (χ0v) is 8.36. The Morgan fingerprint density at radius 2 is 1.87 bits per heavy atom. The molecule has 1 aromatic carbocycles. The van der Waals surface area contributed by atoms with E-state index in [1.165, 1.54) is 6.07 Å². The van der Waals surface area contributed by atoms with Gasteiger partial charge in [-0.25, -0.2) is 0 Å². The van der Waals surface area contributed by atoms with E-state index in [4.69, 9.17) is 11.6 Å². The predicted molar refractivity (Wildman–Crippen MR) is 49.6 cm³/mol. The second-order valence-corrected chi connectivity index (χ2v) is 4.13. The van der Waals surface area contributed by atoms with Crippen LogP contribution in [0, 0.1) is 0 Å². The Kier molecular flexibility index (Phi) is 2.24. The van der Waals surface area contributed by atoms with E-state index in [0.29, 0.717) is 12.8 Å². The van der Waals surface area contributed by atoms with Crippen LogP contribution in [0.3, 0.4) is 0 Å². The van der Waals surface area contributed by atoms with Gasteiger partial charge in [0.25, 0.3) is 0 Å². The Labute approximate surface area is 89.5 Å². The van der Waals surface area contributed by atoms with E-state index in [2.05, 4.69) is 0 Å². The Balaban J connectivity index is 2.47. The molecule has 0 saturated heterocycles. The molecule has 0 aliphatic heterocycles. The molecule has 0 atom stereocenters. The molecule has 1 aliphatic rings. The Bertz CT molecular complexity index is 396. The van der Waals surface area contributed by atoms with Crippen LogP contribution in [0.2, 0.25) is 5.02 Å². The highest BCUT2D eigenvalue weighted by Gasteiger charge is 2.44. The van der Waals surface area contributed by atoms with E-state index in [9.17, 15) is 18.3 Å². The standard InChI is InChI=1S/C10H8ClF3O/c11-8-2-1-6(10(12,13)14)5-7(8)9(15)3-4-9/h1-2,5,15H,3-4H2. The maximum atomic E-state index is 12.4. The average molecular weight is 237 g/mol. The van der Waals surface area contributed by atoms with Crippen molar-refractivity contribution in [1.82, 2.24) is 0 Å². The summed E-state index contributed by atoms with van der Waals surface area (Å²) in [5.74, 6) is 0. The van der Waals surface area contributed by atoms with Crippen LogP contribution >= 0.6 is 11.6 Å². The molecule has 1 aromatic rings. The molecule has 0 bridgehead atoms. The molecule has 15 heavy (non-hydrogen) atoms. The molecular weight excluding hydrogens is 229 g/mol. The van der Waals surface area contributed by atoms with Gasteiger partial charge >= 0.3 is 6.18 Å². The van der Waals surface area contributed by atoms with Crippen LogP contribution in [0.1, 0.15) is 24.0 Å². The summed E-state index contributed by atoms with van der Waals surface area (Å²) < 4.78 is 37.2. The largest absolute Gasteiger partial charge is 0.416 e. The van der Waals surface area contributed by atoms with Crippen molar-refractivity contribution in [2.45, 2.75) is 24.6 Å². The fraction of sp³-hybridized carbons (Fsp3) is 0.400.